The van der Waals surface area contributed by atoms with Gasteiger partial charge >= 0.3 is 12.2 Å². The molecule has 302 valence electrons. The second-order valence-corrected chi connectivity index (χ2v) is 17.7. The van der Waals surface area contributed by atoms with Crippen molar-refractivity contribution < 1.29 is 47.7 Å². The average molecular weight is 815 g/mol. The summed E-state index contributed by atoms with van der Waals surface area (Å²) in [5, 5.41) is 13.1. The van der Waals surface area contributed by atoms with Crippen molar-refractivity contribution in [2.24, 2.45) is 23.3 Å². The van der Waals surface area contributed by atoms with Crippen LogP contribution < -0.4 is 32.7 Å². The Morgan fingerprint density at radius 2 is 1.11 bits per heavy atom. The van der Waals surface area contributed by atoms with E-state index < -0.39 is 35.5 Å². The number of ether oxygens (including phenoxy) is 4. The van der Waals surface area contributed by atoms with Crippen molar-refractivity contribution in [2.45, 2.75) is 62.3 Å². The number of allylic oxidation sites excluding steroid dienone is 4. The van der Waals surface area contributed by atoms with E-state index in [0.29, 0.717) is 61.6 Å². The number of hydrogen-bond acceptors (Lipinski definition) is 18. The standard InChI is InChI=1S/C36H46N8O10S2/c1-15-23(29(47)21-17(13-53-33(37)49)35(51-3)31-19(41-31)11-43(35)25(21)27(15)45)39-7-5-9-55-56-10-6-8-40-24-16(2)28(46)26-22(30(24)48)18(14-54-34(38)50)36(52-4)32-20(42-32)12-44(26)36/h17-20,31-32,39-42H,5-14H2,1-4H3,(H2,37,49)(H2,38,50)/t17-,18-,19+,20+,31+,32+,35-,36-/m1/s1. The monoisotopic (exact) mass is 814 g/mol. The first-order valence-corrected chi connectivity index (χ1v) is 21.2. The number of ketones is 4. The molecule has 8 atom stereocenters. The van der Waals surface area contributed by atoms with E-state index in [-0.39, 0.29) is 83.1 Å². The maximum atomic E-state index is 14.0. The van der Waals surface area contributed by atoms with Gasteiger partial charge in [-0.15, -0.1) is 0 Å². The van der Waals surface area contributed by atoms with Gasteiger partial charge in [-0.3, -0.25) is 19.2 Å². The molecular formula is C36H46N8O10S2. The summed E-state index contributed by atoms with van der Waals surface area (Å²) in [5.74, 6) is -0.956. The number of carbonyl (C=O) groups is 6. The van der Waals surface area contributed by atoms with E-state index in [0.717, 1.165) is 11.5 Å². The van der Waals surface area contributed by atoms with E-state index in [1.54, 1.807) is 35.4 Å². The first-order valence-electron chi connectivity index (χ1n) is 18.7. The van der Waals surface area contributed by atoms with Crippen molar-refractivity contribution in [1.82, 2.24) is 31.1 Å². The second kappa shape index (κ2) is 14.4. The summed E-state index contributed by atoms with van der Waals surface area (Å²) < 4.78 is 22.4. The van der Waals surface area contributed by atoms with Crippen molar-refractivity contribution in [1.29, 1.82) is 0 Å². The molecule has 8 aliphatic rings. The van der Waals surface area contributed by atoms with Crippen LogP contribution in [0.1, 0.15) is 26.7 Å². The Morgan fingerprint density at radius 3 is 1.46 bits per heavy atom. The highest BCUT2D eigenvalue weighted by Gasteiger charge is 2.74. The van der Waals surface area contributed by atoms with Crippen LogP contribution in [-0.4, -0.2) is 146 Å². The molecule has 0 aromatic rings. The van der Waals surface area contributed by atoms with Crippen LogP contribution in [-0.2, 0) is 38.1 Å². The van der Waals surface area contributed by atoms with Gasteiger partial charge in [0.25, 0.3) is 0 Å². The van der Waals surface area contributed by atoms with Crippen molar-refractivity contribution in [2.75, 3.05) is 65.1 Å². The number of nitrogens with zero attached hydrogens (tertiary/aromatic N) is 2. The smallest absolute Gasteiger partial charge is 0.404 e. The van der Waals surface area contributed by atoms with Crippen molar-refractivity contribution in [3.05, 3.63) is 45.1 Å². The first kappa shape index (κ1) is 38.8. The minimum Gasteiger partial charge on any atom is -0.449 e. The molecule has 0 spiro atoms. The van der Waals surface area contributed by atoms with Gasteiger partial charge < -0.3 is 61.5 Å². The number of methoxy groups -OCH3 is 2. The van der Waals surface area contributed by atoms with E-state index >= 15 is 0 Å². The number of rotatable bonds is 17. The highest BCUT2D eigenvalue weighted by Crippen LogP contribution is 2.57. The summed E-state index contributed by atoms with van der Waals surface area (Å²) in [6.45, 7) is 4.84. The van der Waals surface area contributed by atoms with Crippen molar-refractivity contribution >= 4 is 56.9 Å². The molecular weight excluding hydrogens is 769 g/mol. The fraction of sp³-hybridized carbons (Fsp3) is 0.611. The number of amides is 2. The summed E-state index contributed by atoms with van der Waals surface area (Å²) in [6.07, 6.45) is -0.505. The minimum absolute atomic E-state index is 0.113. The van der Waals surface area contributed by atoms with Gasteiger partial charge in [0.15, 0.2) is 11.4 Å². The summed E-state index contributed by atoms with van der Waals surface area (Å²) >= 11 is 0. The number of piperazine rings is 2. The van der Waals surface area contributed by atoms with E-state index in [2.05, 4.69) is 21.3 Å². The SMILES string of the molecule is CO[C@@]12[C@H](COC(N)=O)C3=C(C(=O)C(C)=C(NCCCSSCCCNC4=C(C)C(=O)C5=C(C4=O)[C@@H](COC(N)=O)[C@@]4(OC)[C@H]6N[C@H]6CN54)C3=O)N1C[C@@H]1N[C@@H]12. The Labute approximate surface area is 330 Å². The Balaban J connectivity index is 0.802. The number of fused-ring (bicyclic) bond motifs is 8. The molecule has 0 unspecified atom stereocenters. The van der Waals surface area contributed by atoms with Gasteiger partial charge in [-0.25, -0.2) is 9.59 Å². The molecule has 2 aliphatic carbocycles. The third-order valence-electron chi connectivity index (χ3n) is 12.4. The zero-order chi connectivity index (χ0) is 39.8. The molecule has 6 aliphatic heterocycles. The van der Waals surface area contributed by atoms with Gasteiger partial charge in [0.1, 0.15) is 13.2 Å². The number of primary amides is 2. The maximum Gasteiger partial charge on any atom is 0.404 e. The van der Waals surface area contributed by atoms with Crippen LogP contribution >= 0.6 is 21.6 Å². The molecule has 4 saturated heterocycles. The molecule has 56 heavy (non-hydrogen) atoms. The molecule has 6 heterocycles. The van der Waals surface area contributed by atoms with Gasteiger partial charge in [0, 0.05) is 86.3 Å². The van der Waals surface area contributed by atoms with Gasteiger partial charge in [0.05, 0.1) is 46.7 Å². The third-order valence-corrected chi connectivity index (χ3v) is 14.9. The second-order valence-electron chi connectivity index (χ2n) is 15.0. The van der Waals surface area contributed by atoms with Crippen LogP contribution in [0.5, 0.6) is 0 Å². The Kier molecular flexibility index (Phi) is 9.96. The molecule has 0 bridgehead atoms. The average Bonchev–Trinajstić information content (AvgIpc) is 4.00. The molecule has 8 rings (SSSR count). The van der Waals surface area contributed by atoms with E-state index in [1.165, 1.54) is 14.2 Å². The Bertz CT molecular complexity index is 1820. The van der Waals surface area contributed by atoms with E-state index in [9.17, 15) is 28.8 Å². The van der Waals surface area contributed by atoms with Crippen LogP contribution in [0.4, 0.5) is 9.59 Å². The number of carbonyl (C=O) groups excluding carboxylic acids is 6. The molecule has 0 aromatic heterocycles. The molecule has 4 fully saturated rings. The summed E-state index contributed by atoms with van der Waals surface area (Å²) in [7, 11) is 6.42. The van der Waals surface area contributed by atoms with Crippen LogP contribution in [0.3, 0.4) is 0 Å². The fourth-order valence-electron chi connectivity index (χ4n) is 9.81. The quantitative estimate of drug-likeness (QED) is 0.0451. The normalized spacial score (nSPS) is 33.4. The highest BCUT2D eigenvalue weighted by atomic mass is 33.1. The number of nitrogens with two attached hydrogens (primary N) is 2. The van der Waals surface area contributed by atoms with Gasteiger partial charge in [-0.2, -0.15) is 0 Å². The summed E-state index contributed by atoms with van der Waals surface area (Å²) in [5.41, 5.74) is 10.9. The topological polar surface area (TPSA) is 266 Å². The maximum absolute atomic E-state index is 14.0. The zero-order valence-corrected chi connectivity index (χ0v) is 33.1. The molecule has 8 N–H and O–H groups in total. The molecule has 0 radical (unpaired) electrons. The van der Waals surface area contributed by atoms with Crippen LogP contribution in [0.15, 0.2) is 45.1 Å². The number of hydrogen-bond donors (Lipinski definition) is 6. The lowest BCUT2D eigenvalue weighted by Crippen LogP contribution is -2.55. The number of Topliss-reactive ketones (excluding diaryl/α,β-unsaturated/α-hetero) is 4. The lowest BCUT2D eigenvalue weighted by Gasteiger charge is -2.39. The van der Waals surface area contributed by atoms with Crippen LogP contribution in [0, 0.1) is 11.8 Å². The zero-order valence-electron chi connectivity index (χ0n) is 31.5. The molecule has 18 nitrogen and oxygen atoms in total. The molecule has 20 heteroatoms. The Hall–Kier alpha value is -4.08. The summed E-state index contributed by atoms with van der Waals surface area (Å²) in [6, 6.07) is -0.00727. The first-order chi connectivity index (χ1) is 26.8. The minimum atomic E-state index is -1.03. The third kappa shape index (κ3) is 5.69. The summed E-state index contributed by atoms with van der Waals surface area (Å²) in [4.78, 5) is 82.3. The van der Waals surface area contributed by atoms with Gasteiger partial charge in [-0.05, 0) is 26.7 Å². The highest BCUT2D eigenvalue weighted by molar-refractivity contribution is 8.76. The van der Waals surface area contributed by atoms with E-state index in [4.69, 9.17) is 30.4 Å². The molecule has 0 saturated carbocycles. The van der Waals surface area contributed by atoms with Crippen LogP contribution in [0.2, 0.25) is 0 Å². The largest absolute Gasteiger partial charge is 0.449 e. The van der Waals surface area contributed by atoms with Crippen LogP contribution in [0.25, 0.3) is 0 Å². The molecule has 0 aromatic carbocycles. The Morgan fingerprint density at radius 1 is 0.714 bits per heavy atom. The van der Waals surface area contributed by atoms with Crippen molar-refractivity contribution in [3.63, 3.8) is 0 Å². The predicted molar refractivity (Wildman–Crippen MR) is 202 cm³/mol. The van der Waals surface area contributed by atoms with Gasteiger partial charge in [-0.1, -0.05) is 21.6 Å². The van der Waals surface area contributed by atoms with Gasteiger partial charge in [0.2, 0.25) is 23.1 Å². The van der Waals surface area contributed by atoms with E-state index in [1.807, 2.05) is 9.80 Å². The lowest BCUT2D eigenvalue weighted by atomic mass is 9.82. The lowest BCUT2D eigenvalue weighted by molar-refractivity contribution is -0.137. The fourth-order valence-corrected chi connectivity index (χ4v) is 12.0. The molecule has 2 amide bonds. The van der Waals surface area contributed by atoms with Crippen molar-refractivity contribution in [3.8, 4) is 0 Å². The predicted octanol–water partition coefficient (Wildman–Crippen LogP) is -0.865. The number of nitrogens with one attached hydrogen (secondary N) is 4.